The number of ether oxygens (including phenoxy) is 1. The van der Waals surface area contributed by atoms with Gasteiger partial charge in [0.2, 0.25) is 5.91 Å². The first kappa shape index (κ1) is 11.1. The Bertz CT molecular complexity index is 405. The Balaban J connectivity index is 2.28. The summed E-state index contributed by atoms with van der Waals surface area (Å²) in [6.45, 7) is 2.28. The second-order valence-electron chi connectivity index (χ2n) is 3.62. The molecule has 1 atom stereocenters. The fraction of sp³-hybridized carbons (Fsp3) is 0.333. The molecule has 1 saturated heterocycles. The summed E-state index contributed by atoms with van der Waals surface area (Å²) in [7, 11) is 0. The Hall–Kier alpha value is -1.42. The van der Waals surface area contributed by atoms with Gasteiger partial charge >= 0.3 is 0 Å². The van der Waals surface area contributed by atoms with Crippen molar-refractivity contribution in [1.82, 2.24) is 4.90 Å². The largest absolute Gasteiger partial charge is 0.468 e. The fourth-order valence-corrected chi connectivity index (χ4v) is 2.09. The van der Waals surface area contributed by atoms with Crippen molar-refractivity contribution >= 4 is 23.3 Å². The number of hydrogen-bond donors (Lipinski definition) is 0. The molecule has 1 amide bonds. The lowest BCUT2D eigenvalue weighted by molar-refractivity contribution is -0.128. The van der Waals surface area contributed by atoms with E-state index >= 15 is 0 Å². The molecule has 0 radical (unpaired) electrons. The van der Waals surface area contributed by atoms with Crippen LogP contribution < -0.4 is 0 Å². The molecule has 0 bridgehead atoms. The van der Waals surface area contributed by atoms with Gasteiger partial charge in [-0.1, -0.05) is 37.3 Å². The van der Waals surface area contributed by atoms with Crippen LogP contribution in [0.15, 0.2) is 30.3 Å². The Morgan fingerprint density at radius 2 is 2.19 bits per heavy atom. The van der Waals surface area contributed by atoms with E-state index in [1.54, 1.807) is 4.90 Å². The molecule has 0 unspecified atom stereocenters. The van der Waals surface area contributed by atoms with Crippen molar-refractivity contribution in [3.63, 3.8) is 0 Å². The van der Waals surface area contributed by atoms with Crippen molar-refractivity contribution < 1.29 is 9.53 Å². The van der Waals surface area contributed by atoms with Crippen LogP contribution in [0.2, 0.25) is 0 Å². The van der Waals surface area contributed by atoms with Crippen molar-refractivity contribution in [3.05, 3.63) is 35.9 Å². The third kappa shape index (κ3) is 1.93. The van der Waals surface area contributed by atoms with Gasteiger partial charge in [-0.2, -0.15) is 0 Å². The third-order valence-electron chi connectivity index (χ3n) is 2.63. The van der Waals surface area contributed by atoms with Crippen LogP contribution in [0.25, 0.3) is 0 Å². The zero-order valence-corrected chi connectivity index (χ0v) is 9.87. The van der Waals surface area contributed by atoms with E-state index in [4.69, 9.17) is 17.0 Å². The molecular weight excluding hydrogens is 222 g/mol. The SMILES string of the molecule is CCC(=O)N1C(=S)OC[C@@H]1c1ccccc1. The molecule has 2 rings (SSSR count). The van der Waals surface area contributed by atoms with Crippen LogP contribution in [-0.4, -0.2) is 22.6 Å². The van der Waals surface area contributed by atoms with E-state index in [9.17, 15) is 4.79 Å². The predicted molar refractivity (Wildman–Crippen MR) is 64.9 cm³/mol. The Kier molecular flexibility index (Phi) is 3.19. The Labute approximate surface area is 100 Å². The van der Waals surface area contributed by atoms with E-state index in [0.29, 0.717) is 18.2 Å². The normalized spacial score (nSPS) is 19.7. The summed E-state index contributed by atoms with van der Waals surface area (Å²) < 4.78 is 5.29. The quantitative estimate of drug-likeness (QED) is 0.736. The van der Waals surface area contributed by atoms with Gasteiger partial charge in [0, 0.05) is 6.42 Å². The van der Waals surface area contributed by atoms with Crippen molar-refractivity contribution in [2.45, 2.75) is 19.4 Å². The second kappa shape index (κ2) is 4.61. The number of nitrogens with zero attached hydrogens (tertiary/aromatic N) is 1. The maximum absolute atomic E-state index is 11.8. The minimum absolute atomic E-state index is 0.0105. The molecule has 1 aliphatic rings. The van der Waals surface area contributed by atoms with Crippen LogP contribution >= 0.6 is 12.2 Å². The second-order valence-corrected chi connectivity index (χ2v) is 3.97. The maximum Gasteiger partial charge on any atom is 0.266 e. The zero-order valence-electron chi connectivity index (χ0n) is 9.05. The highest BCUT2D eigenvalue weighted by molar-refractivity contribution is 7.80. The number of amides is 1. The third-order valence-corrected chi connectivity index (χ3v) is 2.94. The van der Waals surface area contributed by atoms with Gasteiger partial charge in [0.15, 0.2) is 0 Å². The highest BCUT2D eigenvalue weighted by Crippen LogP contribution is 2.28. The zero-order chi connectivity index (χ0) is 11.5. The van der Waals surface area contributed by atoms with Gasteiger partial charge in [-0.15, -0.1) is 0 Å². The standard InChI is InChI=1S/C12H13NO2S/c1-2-11(14)13-10(8-15-12(13)16)9-6-4-3-5-7-9/h3-7,10H,2,8H2,1H3/t10-/m1/s1. The Morgan fingerprint density at radius 1 is 1.50 bits per heavy atom. The highest BCUT2D eigenvalue weighted by Gasteiger charge is 2.34. The van der Waals surface area contributed by atoms with Gasteiger partial charge in [0.05, 0.1) is 6.04 Å². The average Bonchev–Trinajstić information content (AvgIpc) is 2.71. The van der Waals surface area contributed by atoms with E-state index in [1.807, 2.05) is 37.3 Å². The van der Waals surface area contributed by atoms with Crippen LogP contribution in [0.1, 0.15) is 24.9 Å². The highest BCUT2D eigenvalue weighted by atomic mass is 32.1. The van der Waals surface area contributed by atoms with Gasteiger partial charge in [-0.3, -0.25) is 9.69 Å². The van der Waals surface area contributed by atoms with E-state index in [2.05, 4.69) is 0 Å². The smallest absolute Gasteiger partial charge is 0.266 e. The summed E-state index contributed by atoms with van der Waals surface area (Å²) >= 11 is 5.04. The van der Waals surface area contributed by atoms with E-state index < -0.39 is 0 Å². The summed E-state index contributed by atoms with van der Waals surface area (Å²) in [5.74, 6) is 0.0105. The molecule has 1 aromatic carbocycles. The van der Waals surface area contributed by atoms with Crippen molar-refractivity contribution in [3.8, 4) is 0 Å². The van der Waals surface area contributed by atoms with Crippen LogP contribution in [0.4, 0.5) is 0 Å². The molecule has 4 heteroatoms. The molecule has 1 aliphatic heterocycles. The lowest BCUT2D eigenvalue weighted by Gasteiger charge is -2.20. The molecule has 0 N–H and O–H groups in total. The lowest BCUT2D eigenvalue weighted by Crippen LogP contribution is -2.33. The fourth-order valence-electron chi connectivity index (χ4n) is 1.79. The molecule has 0 aliphatic carbocycles. The molecule has 16 heavy (non-hydrogen) atoms. The first-order valence-corrected chi connectivity index (χ1v) is 5.68. The van der Waals surface area contributed by atoms with Crippen molar-refractivity contribution in [1.29, 1.82) is 0 Å². The van der Waals surface area contributed by atoms with Gasteiger partial charge < -0.3 is 4.74 Å². The summed E-state index contributed by atoms with van der Waals surface area (Å²) in [6, 6.07) is 9.75. The number of thiocarbonyl (C=S) groups is 1. The summed E-state index contributed by atoms with van der Waals surface area (Å²) in [6.07, 6.45) is 0.437. The minimum Gasteiger partial charge on any atom is -0.468 e. The monoisotopic (exact) mass is 235 g/mol. The van der Waals surface area contributed by atoms with Crippen LogP contribution in [0, 0.1) is 0 Å². The van der Waals surface area contributed by atoms with Gasteiger partial charge in [-0.05, 0) is 17.8 Å². The molecule has 1 aromatic rings. The van der Waals surface area contributed by atoms with E-state index in [0.717, 1.165) is 5.56 Å². The van der Waals surface area contributed by atoms with E-state index in [-0.39, 0.29) is 11.9 Å². The first-order chi connectivity index (χ1) is 7.74. The first-order valence-electron chi connectivity index (χ1n) is 5.27. The van der Waals surface area contributed by atoms with Gasteiger partial charge in [-0.25, -0.2) is 0 Å². The molecule has 1 fully saturated rings. The van der Waals surface area contributed by atoms with E-state index in [1.165, 1.54) is 0 Å². The molecule has 1 heterocycles. The number of hydrogen-bond acceptors (Lipinski definition) is 3. The summed E-state index contributed by atoms with van der Waals surface area (Å²) in [4.78, 5) is 13.3. The number of benzene rings is 1. The minimum atomic E-state index is -0.0684. The number of carbonyl (C=O) groups is 1. The summed E-state index contributed by atoms with van der Waals surface area (Å²) in [5, 5.41) is 0.292. The van der Waals surface area contributed by atoms with Gasteiger partial charge in [0.1, 0.15) is 6.61 Å². The molecule has 84 valence electrons. The molecule has 3 nitrogen and oxygen atoms in total. The average molecular weight is 235 g/mol. The predicted octanol–water partition coefficient (Wildman–Crippen LogP) is 2.28. The molecule has 0 spiro atoms. The van der Waals surface area contributed by atoms with Crippen LogP contribution in [-0.2, 0) is 9.53 Å². The lowest BCUT2D eigenvalue weighted by atomic mass is 10.1. The number of carbonyl (C=O) groups excluding carboxylic acids is 1. The topological polar surface area (TPSA) is 29.5 Å². The molecule has 0 saturated carbocycles. The van der Waals surface area contributed by atoms with Crippen molar-refractivity contribution in [2.75, 3.05) is 6.61 Å². The summed E-state index contributed by atoms with van der Waals surface area (Å²) in [5.41, 5.74) is 1.06. The molecular formula is C12H13NO2S. The molecule has 0 aromatic heterocycles. The van der Waals surface area contributed by atoms with Crippen molar-refractivity contribution in [2.24, 2.45) is 0 Å². The maximum atomic E-state index is 11.8. The Morgan fingerprint density at radius 3 is 2.81 bits per heavy atom. The number of rotatable bonds is 2. The van der Waals surface area contributed by atoms with Crippen LogP contribution in [0.5, 0.6) is 0 Å². The van der Waals surface area contributed by atoms with Gasteiger partial charge in [0.25, 0.3) is 5.17 Å². The van der Waals surface area contributed by atoms with Crippen LogP contribution in [0.3, 0.4) is 0 Å².